The summed E-state index contributed by atoms with van der Waals surface area (Å²) in [6.07, 6.45) is 0.604. The van der Waals surface area contributed by atoms with E-state index in [-0.39, 0.29) is 11.3 Å². The third-order valence-corrected chi connectivity index (χ3v) is 2.88. The standard InChI is InChI=1S/C13H16FNO3/c14-12-3-1-2-11(10-16)13(12)18-9-6-15-4-7-17-8-5-15/h1-3,10H,4-9H2. The zero-order valence-corrected chi connectivity index (χ0v) is 10.1. The topological polar surface area (TPSA) is 38.8 Å². The van der Waals surface area contributed by atoms with Gasteiger partial charge in [-0.1, -0.05) is 6.07 Å². The van der Waals surface area contributed by atoms with Gasteiger partial charge in [0.25, 0.3) is 0 Å². The Morgan fingerprint density at radius 3 is 2.89 bits per heavy atom. The summed E-state index contributed by atoms with van der Waals surface area (Å²) in [6, 6.07) is 4.32. The van der Waals surface area contributed by atoms with Crippen molar-refractivity contribution in [3.05, 3.63) is 29.6 Å². The summed E-state index contributed by atoms with van der Waals surface area (Å²) < 4.78 is 24.1. The van der Waals surface area contributed by atoms with E-state index in [1.54, 1.807) is 6.07 Å². The monoisotopic (exact) mass is 253 g/mol. The lowest BCUT2D eigenvalue weighted by Gasteiger charge is -2.26. The van der Waals surface area contributed by atoms with Crippen LogP contribution in [0.5, 0.6) is 5.75 Å². The molecule has 1 aliphatic heterocycles. The maximum absolute atomic E-state index is 13.5. The predicted molar refractivity (Wildman–Crippen MR) is 64.5 cm³/mol. The SMILES string of the molecule is O=Cc1cccc(F)c1OCCN1CCOCC1. The zero-order valence-electron chi connectivity index (χ0n) is 10.1. The van der Waals surface area contributed by atoms with E-state index in [2.05, 4.69) is 4.90 Å². The molecule has 5 heteroatoms. The van der Waals surface area contributed by atoms with Gasteiger partial charge in [0, 0.05) is 19.6 Å². The molecule has 18 heavy (non-hydrogen) atoms. The number of hydrogen-bond acceptors (Lipinski definition) is 4. The summed E-state index contributed by atoms with van der Waals surface area (Å²) >= 11 is 0. The summed E-state index contributed by atoms with van der Waals surface area (Å²) in [5.41, 5.74) is 0.247. The van der Waals surface area contributed by atoms with Crippen molar-refractivity contribution >= 4 is 6.29 Å². The van der Waals surface area contributed by atoms with Gasteiger partial charge in [-0.2, -0.15) is 0 Å². The minimum absolute atomic E-state index is 0.0424. The molecule has 0 N–H and O–H groups in total. The average Bonchev–Trinajstić information content (AvgIpc) is 2.41. The maximum atomic E-state index is 13.5. The molecule has 1 aromatic carbocycles. The van der Waals surface area contributed by atoms with Crippen molar-refractivity contribution in [2.24, 2.45) is 0 Å². The van der Waals surface area contributed by atoms with E-state index in [1.165, 1.54) is 12.1 Å². The molecule has 1 aliphatic rings. The number of halogens is 1. The Bertz CT molecular complexity index is 405. The van der Waals surface area contributed by atoms with Crippen LogP contribution >= 0.6 is 0 Å². The molecule has 98 valence electrons. The lowest BCUT2D eigenvalue weighted by molar-refractivity contribution is 0.0320. The Hall–Kier alpha value is -1.46. The van der Waals surface area contributed by atoms with Gasteiger partial charge >= 0.3 is 0 Å². The van der Waals surface area contributed by atoms with Crippen molar-refractivity contribution in [3.63, 3.8) is 0 Å². The summed E-state index contributed by atoms with van der Waals surface area (Å²) in [7, 11) is 0. The fourth-order valence-corrected chi connectivity index (χ4v) is 1.87. The lowest BCUT2D eigenvalue weighted by Crippen LogP contribution is -2.38. The van der Waals surface area contributed by atoms with Crippen molar-refractivity contribution in [3.8, 4) is 5.75 Å². The number of hydrogen-bond donors (Lipinski definition) is 0. The van der Waals surface area contributed by atoms with E-state index >= 15 is 0 Å². The summed E-state index contributed by atoms with van der Waals surface area (Å²) in [5.74, 6) is -0.456. The molecule has 4 nitrogen and oxygen atoms in total. The van der Waals surface area contributed by atoms with Crippen LogP contribution in [0.3, 0.4) is 0 Å². The maximum Gasteiger partial charge on any atom is 0.165 e. The van der Waals surface area contributed by atoms with Crippen molar-refractivity contribution < 1.29 is 18.7 Å². The number of para-hydroxylation sites is 1. The highest BCUT2D eigenvalue weighted by molar-refractivity contribution is 5.79. The Kier molecular flexibility index (Phi) is 4.66. The molecule has 1 aromatic rings. The molecule has 1 heterocycles. The summed E-state index contributed by atoms with van der Waals surface area (Å²) in [6.45, 7) is 4.23. The number of carbonyl (C=O) groups is 1. The molecule has 1 saturated heterocycles. The second-order valence-corrected chi connectivity index (χ2v) is 4.08. The zero-order chi connectivity index (χ0) is 12.8. The number of morpholine rings is 1. The largest absolute Gasteiger partial charge is 0.488 e. The number of aldehydes is 1. The fourth-order valence-electron chi connectivity index (χ4n) is 1.87. The number of nitrogens with zero attached hydrogens (tertiary/aromatic N) is 1. The van der Waals surface area contributed by atoms with E-state index in [0.717, 1.165) is 26.3 Å². The fraction of sp³-hybridized carbons (Fsp3) is 0.462. The molecule has 0 aliphatic carbocycles. The van der Waals surface area contributed by atoms with Crippen LogP contribution in [0.15, 0.2) is 18.2 Å². The molecular weight excluding hydrogens is 237 g/mol. The van der Waals surface area contributed by atoms with Crippen LogP contribution in [0.4, 0.5) is 4.39 Å². The number of benzene rings is 1. The van der Waals surface area contributed by atoms with Gasteiger partial charge in [-0.15, -0.1) is 0 Å². The first-order chi connectivity index (χ1) is 8.81. The molecule has 0 amide bonds. The van der Waals surface area contributed by atoms with Crippen molar-refractivity contribution in [2.75, 3.05) is 39.5 Å². The first-order valence-electron chi connectivity index (χ1n) is 5.98. The van der Waals surface area contributed by atoms with Gasteiger partial charge in [0.1, 0.15) is 6.61 Å². The first kappa shape index (κ1) is 13.0. The van der Waals surface area contributed by atoms with Crippen LogP contribution in [0, 0.1) is 5.82 Å². The quantitative estimate of drug-likeness (QED) is 0.742. The first-order valence-corrected chi connectivity index (χ1v) is 5.98. The lowest BCUT2D eigenvalue weighted by atomic mass is 10.2. The predicted octanol–water partition coefficient (Wildman–Crippen LogP) is 1.35. The third-order valence-electron chi connectivity index (χ3n) is 2.88. The molecule has 0 unspecified atom stereocenters. The highest BCUT2D eigenvalue weighted by atomic mass is 19.1. The van der Waals surface area contributed by atoms with Gasteiger partial charge in [-0.05, 0) is 12.1 Å². The molecule has 0 saturated carbocycles. The third kappa shape index (κ3) is 3.27. The molecule has 0 bridgehead atoms. The molecule has 0 aromatic heterocycles. The van der Waals surface area contributed by atoms with E-state index in [1.807, 2.05) is 0 Å². The van der Waals surface area contributed by atoms with E-state index in [0.29, 0.717) is 19.4 Å². The Labute approximate surface area is 105 Å². The molecule has 0 radical (unpaired) electrons. The number of ether oxygens (including phenoxy) is 2. The Morgan fingerprint density at radius 1 is 1.39 bits per heavy atom. The Morgan fingerprint density at radius 2 is 2.17 bits per heavy atom. The average molecular weight is 253 g/mol. The van der Waals surface area contributed by atoms with Gasteiger partial charge in [0.05, 0.1) is 18.8 Å². The normalized spacial score (nSPS) is 16.5. The van der Waals surface area contributed by atoms with Crippen LogP contribution < -0.4 is 4.74 Å². The van der Waals surface area contributed by atoms with Crippen molar-refractivity contribution in [1.29, 1.82) is 0 Å². The second-order valence-electron chi connectivity index (χ2n) is 4.08. The van der Waals surface area contributed by atoms with E-state index < -0.39 is 5.82 Å². The van der Waals surface area contributed by atoms with Gasteiger partial charge in [0.2, 0.25) is 0 Å². The van der Waals surface area contributed by atoms with Crippen LogP contribution in [-0.2, 0) is 4.74 Å². The summed E-state index contributed by atoms with van der Waals surface area (Å²) in [5, 5.41) is 0. The van der Waals surface area contributed by atoms with Gasteiger partial charge < -0.3 is 9.47 Å². The second kappa shape index (κ2) is 6.47. The minimum Gasteiger partial charge on any atom is -0.488 e. The minimum atomic E-state index is -0.499. The van der Waals surface area contributed by atoms with Crippen LogP contribution in [0.1, 0.15) is 10.4 Å². The van der Waals surface area contributed by atoms with Gasteiger partial charge in [-0.3, -0.25) is 9.69 Å². The van der Waals surface area contributed by atoms with Crippen LogP contribution in [-0.4, -0.2) is 50.6 Å². The van der Waals surface area contributed by atoms with E-state index in [4.69, 9.17) is 9.47 Å². The van der Waals surface area contributed by atoms with Crippen molar-refractivity contribution in [1.82, 2.24) is 4.90 Å². The van der Waals surface area contributed by atoms with Gasteiger partial charge in [-0.25, -0.2) is 4.39 Å². The highest BCUT2D eigenvalue weighted by Gasteiger charge is 2.12. The highest BCUT2D eigenvalue weighted by Crippen LogP contribution is 2.20. The van der Waals surface area contributed by atoms with Crippen LogP contribution in [0.25, 0.3) is 0 Å². The molecule has 1 fully saturated rings. The smallest absolute Gasteiger partial charge is 0.165 e. The van der Waals surface area contributed by atoms with Gasteiger partial charge in [0.15, 0.2) is 17.9 Å². The molecule has 0 spiro atoms. The Balaban J connectivity index is 1.87. The van der Waals surface area contributed by atoms with E-state index in [9.17, 15) is 9.18 Å². The summed E-state index contributed by atoms with van der Waals surface area (Å²) in [4.78, 5) is 13.0. The van der Waals surface area contributed by atoms with Crippen molar-refractivity contribution in [2.45, 2.75) is 0 Å². The van der Waals surface area contributed by atoms with Crippen LogP contribution in [0.2, 0.25) is 0 Å². The molecular formula is C13H16FNO3. The molecule has 2 rings (SSSR count). The molecule has 0 atom stereocenters. The number of rotatable bonds is 5. The number of carbonyl (C=O) groups excluding carboxylic acids is 1.